The average Bonchev–Trinajstić information content (AvgIpc) is 3.02. The second kappa shape index (κ2) is 9.59. The first kappa shape index (κ1) is 22.1. The van der Waals surface area contributed by atoms with Crippen molar-refractivity contribution in [2.24, 2.45) is 0 Å². The van der Waals surface area contributed by atoms with Crippen molar-refractivity contribution in [1.29, 1.82) is 0 Å². The lowest BCUT2D eigenvalue weighted by Crippen LogP contribution is -2.30. The van der Waals surface area contributed by atoms with Gasteiger partial charge in [-0.1, -0.05) is 59.6 Å². The van der Waals surface area contributed by atoms with Crippen molar-refractivity contribution in [3.05, 3.63) is 104 Å². The number of hydrogen-bond donors (Lipinski definition) is 1. The Labute approximate surface area is 199 Å². The Balaban J connectivity index is 1.45. The number of amides is 3. The Hall–Kier alpha value is -3.09. The van der Waals surface area contributed by atoms with Crippen molar-refractivity contribution < 1.29 is 14.3 Å². The van der Waals surface area contributed by atoms with Crippen LogP contribution in [0.15, 0.2) is 76.9 Å². The number of ether oxygens (including phenoxy) is 1. The van der Waals surface area contributed by atoms with Gasteiger partial charge in [-0.3, -0.25) is 9.69 Å². The highest BCUT2D eigenvalue weighted by atomic mass is 79.9. The fourth-order valence-electron chi connectivity index (χ4n) is 3.34. The van der Waals surface area contributed by atoms with Crippen LogP contribution in [0.5, 0.6) is 5.75 Å². The molecule has 0 unspecified atom stereocenters. The standard InChI is InChI=1S/C25H20BrClN2O3/c1-16-3-2-4-19(11-16)15-32-23-10-7-18(12-21(23)26)13-22-24(30)29(25(31)28-22)14-17-5-8-20(27)9-6-17/h2-13H,14-15H2,1H3,(H,28,31)/b22-13-. The van der Waals surface area contributed by atoms with Crippen LogP contribution in [0.1, 0.15) is 22.3 Å². The monoisotopic (exact) mass is 510 g/mol. The Morgan fingerprint density at radius 1 is 1.03 bits per heavy atom. The zero-order chi connectivity index (χ0) is 22.7. The Morgan fingerprint density at radius 2 is 1.81 bits per heavy atom. The number of benzene rings is 3. The molecule has 0 atom stereocenters. The average molecular weight is 512 g/mol. The molecule has 1 aliphatic heterocycles. The van der Waals surface area contributed by atoms with Gasteiger partial charge >= 0.3 is 6.03 Å². The van der Waals surface area contributed by atoms with E-state index in [9.17, 15) is 9.59 Å². The van der Waals surface area contributed by atoms with Gasteiger partial charge < -0.3 is 10.1 Å². The van der Waals surface area contributed by atoms with Gasteiger partial charge in [-0.25, -0.2) is 4.79 Å². The van der Waals surface area contributed by atoms with Gasteiger partial charge in [0.1, 0.15) is 18.1 Å². The van der Waals surface area contributed by atoms with Crippen molar-refractivity contribution in [3.63, 3.8) is 0 Å². The Morgan fingerprint density at radius 3 is 2.53 bits per heavy atom. The van der Waals surface area contributed by atoms with Gasteiger partial charge in [-0.2, -0.15) is 0 Å². The first-order valence-corrected chi connectivity index (χ1v) is 11.1. The number of halogens is 2. The molecule has 5 nitrogen and oxygen atoms in total. The number of nitrogens with one attached hydrogen (secondary N) is 1. The van der Waals surface area contributed by atoms with Crippen molar-refractivity contribution >= 4 is 45.5 Å². The predicted octanol–water partition coefficient (Wildman–Crippen LogP) is 6.08. The molecule has 1 fully saturated rings. The molecule has 3 amide bonds. The Bertz CT molecular complexity index is 1210. The number of imide groups is 1. The molecule has 0 bridgehead atoms. The topological polar surface area (TPSA) is 58.6 Å². The predicted molar refractivity (Wildman–Crippen MR) is 128 cm³/mol. The van der Waals surface area contributed by atoms with E-state index < -0.39 is 6.03 Å². The van der Waals surface area contributed by atoms with Crippen LogP contribution in [0, 0.1) is 6.92 Å². The second-order valence-electron chi connectivity index (χ2n) is 7.47. The summed E-state index contributed by atoms with van der Waals surface area (Å²) in [5.41, 5.74) is 4.07. The molecule has 0 radical (unpaired) electrons. The van der Waals surface area contributed by atoms with Gasteiger partial charge in [0.15, 0.2) is 0 Å². The molecule has 3 aromatic carbocycles. The maximum absolute atomic E-state index is 12.7. The molecule has 1 heterocycles. The molecule has 7 heteroatoms. The molecular formula is C25H20BrClN2O3. The van der Waals surface area contributed by atoms with Gasteiger partial charge in [0, 0.05) is 5.02 Å². The number of carbonyl (C=O) groups excluding carboxylic acids is 2. The molecule has 4 rings (SSSR count). The second-order valence-corrected chi connectivity index (χ2v) is 8.76. The van der Waals surface area contributed by atoms with Crippen molar-refractivity contribution in [2.45, 2.75) is 20.1 Å². The number of aryl methyl sites for hydroxylation is 1. The lowest BCUT2D eigenvalue weighted by atomic mass is 10.1. The van der Waals surface area contributed by atoms with Crippen LogP contribution in [-0.4, -0.2) is 16.8 Å². The summed E-state index contributed by atoms with van der Waals surface area (Å²) in [5.74, 6) is 0.320. The highest BCUT2D eigenvalue weighted by molar-refractivity contribution is 9.10. The van der Waals surface area contributed by atoms with Crippen LogP contribution in [0.4, 0.5) is 4.79 Å². The van der Waals surface area contributed by atoms with E-state index >= 15 is 0 Å². The maximum atomic E-state index is 12.7. The fraction of sp³-hybridized carbons (Fsp3) is 0.120. The van der Waals surface area contributed by atoms with Gasteiger partial charge in [-0.15, -0.1) is 0 Å². The van der Waals surface area contributed by atoms with E-state index in [-0.39, 0.29) is 18.1 Å². The van der Waals surface area contributed by atoms with Crippen LogP contribution in [0.3, 0.4) is 0 Å². The summed E-state index contributed by atoms with van der Waals surface area (Å²) in [6, 6.07) is 20.2. The summed E-state index contributed by atoms with van der Waals surface area (Å²) in [5, 5.41) is 3.25. The summed E-state index contributed by atoms with van der Waals surface area (Å²) in [6.45, 7) is 2.67. The van der Waals surface area contributed by atoms with E-state index in [1.807, 2.05) is 43.3 Å². The third kappa shape index (κ3) is 5.21. The molecule has 162 valence electrons. The smallest absolute Gasteiger partial charge is 0.329 e. The molecule has 0 aliphatic carbocycles. The number of nitrogens with zero attached hydrogens (tertiary/aromatic N) is 1. The van der Waals surface area contributed by atoms with Crippen molar-refractivity contribution in [1.82, 2.24) is 10.2 Å². The summed E-state index contributed by atoms with van der Waals surface area (Å²) in [6.07, 6.45) is 1.65. The first-order chi connectivity index (χ1) is 15.4. The highest BCUT2D eigenvalue weighted by Gasteiger charge is 2.33. The van der Waals surface area contributed by atoms with Gasteiger partial charge in [0.05, 0.1) is 11.0 Å². The van der Waals surface area contributed by atoms with E-state index in [1.54, 1.807) is 30.3 Å². The zero-order valence-corrected chi connectivity index (χ0v) is 19.6. The van der Waals surface area contributed by atoms with Crippen LogP contribution >= 0.6 is 27.5 Å². The van der Waals surface area contributed by atoms with Crippen LogP contribution in [0.25, 0.3) is 6.08 Å². The highest BCUT2D eigenvalue weighted by Crippen LogP contribution is 2.28. The van der Waals surface area contributed by atoms with Crippen molar-refractivity contribution in [2.75, 3.05) is 0 Å². The van der Waals surface area contributed by atoms with Crippen LogP contribution < -0.4 is 10.1 Å². The number of hydrogen-bond acceptors (Lipinski definition) is 3. The van der Waals surface area contributed by atoms with E-state index in [0.717, 1.165) is 21.2 Å². The summed E-state index contributed by atoms with van der Waals surface area (Å²) >= 11 is 9.42. The molecule has 1 N–H and O–H groups in total. The van der Waals surface area contributed by atoms with Crippen molar-refractivity contribution in [3.8, 4) is 5.75 Å². The van der Waals surface area contributed by atoms with E-state index in [1.165, 1.54) is 10.5 Å². The third-order valence-corrected chi connectivity index (χ3v) is 5.83. The lowest BCUT2D eigenvalue weighted by molar-refractivity contribution is -0.123. The maximum Gasteiger partial charge on any atom is 0.329 e. The quantitative estimate of drug-likeness (QED) is 0.322. The number of rotatable bonds is 6. The molecule has 32 heavy (non-hydrogen) atoms. The van der Waals surface area contributed by atoms with Gasteiger partial charge in [0.25, 0.3) is 5.91 Å². The molecule has 0 saturated carbocycles. The molecule has 0 spiro atoms. The molecular weight excluding hydrogens is 492 g/mol. The Kier molecular flexibility index (Phi) is 6.63. The SMILES string of the molecule is Cc1cccc(COc2ccc(/C=C3\NC(=O)N(Cc4ccc(Cl)cc4)C3=O)cc2Br)c1. The summed E-state index contributed by atoms with van der Waals surface area (Å²) in [4.78, 5) is 26.2. The van der Waals surface area contributed by atoms with E-state index in [4.69, 9.17) is 16.3 Å². The van der Waals surface area contributed by atoms with Crippen LogP contribution in [-0.2, 0) is 17.9 Å². The van der Waals surface area contributed by atoms with E-state index in [2.05, 4.69) is 27.3 Å². The zero-order valence-electron chi connectivity index (χ0n) is 17.3. The van der Waals surface area contributed by atoms with Gasteiger partial charge in [-0.05, 0) is 69.9 Å². The minimum absolute atomic E-state index is 0.175. The summed E-state index contributed by atoms with van der Waals surface area (Å²) < 4.78 is 6.67. The molecule has 3 aromatic rings. The minimum atomic E-state index is -0.451. The van der Waals surface area contributed by atoms with E-state index in [0.29, 0.717) is 17.4 Å². The molecule has 0 aromatic heterocycles. The normalized spacial score (nSPS) is 14.7. The minimum Gasteiger partial charge on any atom is -0.488 e. The largest absolute Gasteiger partial charge is 0.488 e. The van der Waals surface area contributed by atoms with Crippen LogP contribution in [0.2, 0.25) is 5.02 Å². The lowest BCUT2D eigenvalue weighted by Gasteiger charge is -2.11. The molecule has 1 saturated heterocycles. The fourth-order valence-corrected chi connectivity index (χ4v) is 3.98. The third-order valence-electron chi connectivity index (χ3n) is 4.96. The number of urea groups is 1. The van der Waals surface area contributed by atoms with Gasteiger partial charge in [0.2, 0.25) is 0 Å². The number of carbonyl (C=O) groups is 2. The first-order valence-electron chi connectivity index (χ1n) is 9.96. The summed E-state index contributed by atoms with van der Waals surface area (Å²) in [7, 11) is 0. The molecule has 1 aliphatic rings.